The zero-order chi connectivity index (χ0) is 13.3. The number of hydrogen-bond donors (Lipinski definition) is 0. The maximum atomic E-state index is 12.0. The van der Waals surface area contributed by atoms with E-state index in [0.717, 1.165) is 0 Å². The van der Waals surface area contributed by atoms with E-state index in [0.29, 0.717) is 18.6 Å². The first-order chi connectivity index (χ1) is 8.49. The van der Waals surface area contributed by atoms with Crippen molar-refractivity contribution in [2.45, 2.75) is 13.5 Å². The summed E-state index contributed by atoms with van der Waals surface area (Å²) < 4.78 is 2.43. The summed E-state index contributed by atoms with van der Waals surface area (Å²) in [5.74, 6) is 0.386. The summed E-state index contributed by atoms with van der Waals surface area (Å²) in [7, 11) is 0. The van der Waals surface area contributed by atoms with Crippen LogP contribution in [0.2, 0.25) is 4.34 Å². The normalized spacial score (nSPS) is 10.6. The fourth-order valence-electron chi connectivity index (χ4n) is 1.42. The Balaban J connectivity index is 2.33. The van der Waals surface area contributed by atoms with Gasteiger partial charge in [0.25, 0.3) is 5.56 Å². The van der Waals surface area contributed by atoms with Gasteiger partial charge in [0.05, 0.1) is 19.3 Å². The van der Waals surface area contributed by atoms with E-state index in [1.54, 1.807) is 19.1 Å². The van der Waals surface area contributed by atoms with Gasteiger partial charge in [0.15, 0.2) is 5.78 Å². The van der Waals surface area contributed by atoms with Gasteiger partial charge >= 0.3 is 0 Å². The highest BCUT2D eigenvalue weighted by molar-refractivity contribution is 14.1. The van der Waals surface area contributed by atoms with Crippen molar-refractivity contribution in [3.05, 3.63) is 47.3 Å². The highest BCUT2D eigenvalue weighted by Gasteiger charge is 2.13. The van der Waals surface area contributed by atoms with Crippen molar-refractivity contribution in [2.24, 2.45) is 0 Å². The molecule has 0 amide bonds. The second-order valence-electron chi connectivity index (χ2n) is 3.57. The number of aryl methyl sites for hydroxylation is 1. The lowest BCUT2D eigenvalue weighted by molar-refractivity contribution is 0.0973. The van der Waals surface area contributed by atoms with Crippen molar-refractivity contribution >= 4 is 51.3 Å². The minimum Gasteiger partial charge on any atom is -0.291 e. The maximum Gasteiger partial charge on any atom is 0.267 e. The van der Waals surface area contributed by atoms with Gasteiger partial charge in [-0.3, -0.25) is 14.2 Å². The van der Waals surface area contributed by atoms with E-state index < -0.39 is 0 Å². The number of hydrogen-bond acceptors (Lipinski definition) is 4. The second-order valence-corrected chi connectivity index (χ2v) is 6.45. The largest absolute Gasteiger partial charge is 0.291 e. The monoisotopic (exact) mass is 394 g/mol. The molecule has 2 aromatic heterocycles. The number of aromatic nitrogens is 2. The number of halogens is 2. The lowest BCUT2D eigenvalue weighted by Crippen LogP contribution is -2.28. The van der Waals surface area contributed by atoms with Gasteiger partial charge in [-0.2, -0.15) is 0 Å². The molecule has 0 saturated carbocycles. The van der Waals surface area contributed by atoms with Crippen LogP contribution in [0.1, 0.15) is 15.5 Å². The third kappa shape index (κ3) is 2.81. The molecule has 0 radical (unpaired) electrons. The first kappa shape index (κ1) is 13.7. The Kier molecular flexibility index (Phi) is 4.18. The van der Waals surface area contributed by atoms with E-state index >= 15 is 0 Å². The highest BCUT2D eigenvalue weighted by Crippen LogP contribution is 2.22. The van der Waals surface area contributed by atoms with Gasteiger partial charge in [-0.25, -0.2) is 4.98 Å². The SMILES string of the molecule is Cc1ncc(I)c(=O)n1CC(=O)c1ccc(Cl)s1. The smallest absolute Gasteiger partial charge is 0.267 e. The molecule has 0 unspecified atom stereocenters. The minimum atomic E-state index is -0.195. The molecule has 0 N–H and O–H groups in total. The second kappa shape index (κ2) is 5.50. The molecule has 0 spiro atoms. The van der Waals surface area contributed by atoms with Crippen LogP contribution in [0.3, 0.4) is 0 Å². The third-order valence-corrected chi connectivity index (χ3v) is 4.37. The molecule has 4 nitrogen and oxygen atoms in total. The Bertz CT molecular complexity index is 665. The van der Waals surface area contributed by atoms with Crippen LogP contribution in [0.4, 0.5) is 0 Å². The van der Waals surface area contributed by atoms with E-state index in [-0.39, 0.29) is 17.9 Å². The standard InChI is InChI=1S/C11H8ClIN2O2S/c1-6-14-4-7(13)11(17)15(6)5-8(16)9-2-3-10(12)18-9/h2-4H,5H2,1H3. The molecule has 0 aliphatic rings. The van der Waals surface area contributed by atoms with Crippen LogP contribution in [0, 0.1) is 10.5 Å². The van der Waals surface area contributed by atoms with Crippen LogP contribution < -0.4 is 5.56 Å². The Hall–Kier alpha value is -0.730. The van der Waals surface area contributed by atoms with Crippen LogP contribution >= 0.6 is 45.5 Å². The summed E-state index contributed by atoms with van der Waals surface area (Å²) in [4.78, 5) is 28.5. The number of nitrogens with zero attached hydrogens (tertiary/aromatic N) is 2. The zero-order valence-corrected chi connectivity index (χ0v) is 13.0. The molecule has 2 rings (SSSR count). The summed E-state index contributed by atoms with van der Waals surface area (Å²) in [6.07, 6.45) is 1.50. The van der Waals surface area contributed by atoms with Gasteiger partial charge in [-0.05, 0) is 41.6 Å². The lowest BCUT2D eigenvalue weighted by atomic mass is 10.3. The van der Waals surface area contributed by atoms with E-state index in [9.17, 15) is 9.59 Å². The summed E-state index contributed by atoms with van der Waals surface area (Å²) in [6.45, 7) is 1.69. The summed E-state index contributed by atoms with van der Waals surface area (Å²) in [5.41, 5.74) is -0.195. The van der Waals surface area contributed by atoms with Gasteiger partial charge in [0.1, 0.15) is 5.82 Å². The number of ketones is 1. The molecule has 94 valence electrons. The number of rotatable bonds is 3. The molecule has 0 bridgehead atoms. The zero-order valence-electron chi connectivity index (χ0n) is 9.31. The predicted molar refractivity (Wildman–Crippen MR) is 79.6 cm³/mol. The fraction of sp³-hybridized carbons (Fsp3) is 0.182. The van der Waals surface area contributed by atoms with Crippen LogP contribution in [0.15, 0.2) is 23.1 Å². The highest BCUT2D eigenvalue weighted by atomic mass is 127. The number of carbonyl (C=O) groups is 1. The topological polar surface area (TPSA) is 52.0 Å². The molecular weight excluding hydrogens is 387 g/mol. The predicted octanol–water partition coefficient (Wildman–Crippen LogP) is 2.75. The van der Waals surface area contributed by atoms with Crippen molar-refractivity contribution in [1.82, 2.24) is 9.55 Å². The quantitative estimate of drug-likeness (QED) is 0.594. The van der Waals surface area contributed by atoms with E-state index in [1.807, 2.05) is 22.6 Å². The van der Waals surface area contributed by atoms with Gasteiger partial charge in [-0.1, -0.05) is 11.6 Å². The van der Waals surface area contributed by atoms with Gasteiger partial charge in [0.2, 0.25) is 0 Å². The third-order valence-electron chi connectivity index (χ3n) is 2.35. The lowest BCUT2D eigenvalue weighted by Gasteiger charge is -2.07. The average molecular weight is 395 g/mol. The van der Waals surface area contributed by atoms with Gasteiger partial charge in [0, 0.05) is 6.20 Å². The van der Waals surface area contributed by atoms with E-state index in [2.05, 4.69) is 4.98 Å². The van der Waals surface area contributed by atoms with Gasteiger partial charge < -0.3 is 0 Å². The van der Waals surface area contributed by atoms with Crippen molar-refractivity contribution < 1.29 is 4.79 Å². The van der Waals surface area contributed by atoms with Crippen molar-refractivity contribution in [1.29, 1.82) is 0 Å². The van der Waals surface area contributed by atoms with E-state index in [1.165, 1.54) is 22.1 Å². The molecule has 0 fully saturated rings. The van der Waals surface area contributed by atoms with Crippen molar-refractivity contribution in [2.75, 3.05) is 0 Å². The molecule has 0 atom stereocenters. The number of carbonyl (C=O) groups excluding carboxylic acids is 1. The van der Waals surface area contributed by atoms with Crippen molar-refractivity contribution in [3.63, 3.8) is 0 Å². The van der Waals surface area contributed by atoms with Crippen molar-refractivity contribution in [3.8, 4) is 0 Å². The first-order valence-corrected chi connectivity index (χ1v) is 7.27. The molecule has 18 heavy (non-hydrogen) atoms. The molecule has 0 aliphatic carbocycles. The average Bonchev–Trinajstić information content (AvgIpc) is 2.76. The molecule has 2 heterocycles. The molecule has 2 aromatic rings. The Morgan fingerprint density at radius 1 is 1.56 bits per heavy atom. The number of Topliss-reactive ketones (excluding diaryl/α,β-unsaturated/α-hetero) is 1. The Morgan fingerprint density at radius 2 is 2.28 bits per heavy atom. The molecule has 0 aromatic carbocycles. The van der Waals surface area contributed by atoms with Crippen LogP contribution in [-0.4, -0.2) is 15.3 Å². The Labute approximate surface area is 126 Å². The Morgan fingerprint density at radius 3 is 2.89 bits per heavy atom. The van der Waals surface area contributed by atoms with Crippen LogP contribution in [-0.2, 0) is 6.54 Å². The summed E-state index contributed by atoms with van der Waals surface area (Å²) >= 11 is 8.90. The maximum absolute atomic E-state index is 12.0. The van der Waals surface area contributed by atoms with Gasteiger partial charge in [-0.15, -0.1) is 11.3 Å². The van der Waals surface area contributed by atoms with Crippen LogP contribution in [0.25, 0.3) is 0 Å². The number of thiophene rings is 1. The summed E-state index contributed by atoms with van der Waals surface area (Å²) in [6, 6.07) is 3.33. The molecule has 0 aliphatic heterocycles. The fourth-order valence-corrected chi connectivity index (χ4v) is 2.83. The molecule has 0 saturated heterocycles. The first-order valence-electron chi connectivity index (χ1n) is 4.99. The van der Waals surface area contributed by atoms with Crippen LogP contribution in [0.5, 0.6) is 0 Å². The summed E-state index contributed by atoms with van der Waals surface area (Å²) in [5, 5.41) is 0. The van der Waals surface area contributed by atoms with E-state index in [4.69, 9.17) is 11.6 Å². The molecule has 7 heteroatoms. The molecular formula is C11H8ClIN2O2S. The minimum absolute atomic E-state index is 0.00858.